The number of ketones is 1. The summed E-state index contributed by atoms with van der Waals surface area (Å²) in [6, 6.07) is 3.01. The number of nitrogens with one attached hydrogen (secondary N) is 1. The number of aliphatic hydroxyl groups excluding tert-OH is 2. The van der Waals surface area contributed by atoms with E-state index in [1.54, 1.807) is 32.9 Å². The number of Topliss-reactive ketones (excluding diaryl/α,β-unsaturated/α-hetero) is 1. The fourth-order valence-corrected chi connectivity index (χ4v) is 4.93. The highest BCUT2D eigenvalue weighted by molar-refractivity contribution is 5.92. The van der Waals surface area contributed by atoms with E-state index in [4.69, 9.17) is 4.74 Å². The van der Waals surface area contributed by atoms with Crippen molar-refractivity contribution in [2.75, 3.05) is 16.8 Å². The van der Waals surface area contributed by atoms with E-state index in [-0.39, 0.29) is 23.5 Å². The maximum atomic E-state index is 12.9. The summed E-state index contributed by atoms with van der Waals surface area (Å²) in [5.41, 5.74) is -0.0903. The highest BCUT2D eigenvalue weighted by Gasteiger charge is 2.59. The van der Waals surface area contributed by atoms with Crippen LogP contribution in [0.15, 0.2) is 18.3 Å². The Labute approximate surface area is 163 Å². The SMILES string of the molecule is CC(C)(C)OC(=O)Nc1ccc(N2CC[C@H]3C(=O)[C@@H]2[C@H]2C[C@@H]3[C@H](O)C2O)nc1. The molecule has 6 atom stereocenters. The average molecular weight is 389 g/mol. The predicted molar refractivity (Wildman–Crippen MR) is 102 cm³/mol. The van der Waals surface area contributed by atoms with Crippen LogP contribution in [0.2, 0.25) is 0 Å². The maximum absolute atomic E-state index is 12.9. The first-order chi connectivity index (χ1) is 13.2. The van der Waals surface area contributed by atoms with E-state index >= 15 is 0 Å². The lowest BCUT2D eigenvalue weighted by molar-refractivity contribution is -0.131. The van der Waals surface area contributed by atoms with Crippen LogP contribution in [0.25, 0.3) is 0 Å². The Balaban J connectivity index is 1.50. The largest absolute Gasteiger partial charge is 0.444 e. The number of aliphatic hydroxyl groups is 2. The van der Waals surface area contributed by atoms with Gasteiger partial charge in [-0.2, -0.15) is 0 Å². The number of carbonyl (C=O) groups excluding carboxylic acids is 2. The molecule has 1 amide bonds. The number of hydrogen-bond donors (Lipinski definition) is 3. The molecular weight excluding hydrogens is 362 g/mol. The molecule has 1 unspecified atom stereocenters. The summed E-state index contributed by atoms with van der Waals surface area (Å²) in [5, 5.41) is 23.4. The number of nitrogens with zero attached hydrogens (tertiary/aromatic N) is 2. The molecule has 2 heterocycles. The minimum atomic E-state index is -0.877. The highest BCUT2D eigenvalue weighted by atomic mass is 16.6. The zero-order valence-electron chi connectivity index (χ0n) is 16.3. The zero-order valence-corrected chi connectivity index (χ0v) is 16.3. The Morgan fingerprint density at radius 1 is 1.25 bits per heavy atom. The van der Waals surface area contributed by atoms with E-state index < -0.39 is 29.9 Å². The van der Waals surface area contributed by atoms with E-state index in [0.717, 1.165) is 0 Å². The van der Waals surface area contributed by atoms with E-state index in [1.165, 1.54) is 6.20 Å². The molecule has 1 saturated heterocycles. The second-order valence-electron chi connectivity index (χ2n) is 9.01. The van der Waals surface area contributed by atoms with Crippen molar-refractivity contribution in [3.8, 4) is 0 Å². The molecule has 3 fully saturated rings. The Kier molecular flexibility index (Phi) is 4.58. The van der Waals surface area contributed by atoms with Crippen molar-refractivity contribution in [3.63, 3.8) is 0 Å². The van der Waals surface area contributed by atoms with Crippen molar-refractivity contribution >= 4 is 23.4 Å². The van der Waals surface area contributed by atoms with Gasteiger partial charge in [-0.05, 0) is 51.7 Å². The number of amides is 1. The monoisotopic (exact) mass is 389 g/mol. The Morgan fingerprint density at radius 3 is 2.61 bits per heavy atom. The Hall–Kier alpha value is -2.19. The molecular formula is C20H27N3O5. The molecule has 152 valence electrons. The third-order valence-corrected chi connectivity index (χ3v) is 6.06. The molecule has 1 aliphatic heterocycles. The van der Waals surface area contributed by atoms with Gasteiger partial charge in [-0.15, -0.1) is 0 Å². The molecule has 0 spiro atoms. The molecule has 28 heavy (non-hydrogen) atoms. The lowest BCUT2D eigenvalue weighted by atomic mass is 9.71. The van der Waals surface area contributed by atoms with Gasteiger partial charge in [0.1, 0.15) is 11.4 Å². The number of carbonyl (C=O) groups is 2. The first-order valence-electron chi connectivity index (χ1n) is 9.78. The van der Waals surface area contributed by atoms with Crippen LogP contribution < -0.4 is 10.2 Å². The lowest BCUT2D eigenvalue weighted by Gasteiger charge is -2.46. The summed E-state index contributed by atoms with van der Waals surface area (Å²) < 4.78 is 5.23. The van der Waals surface area contributed by atoms with Crippen LogP contribution in [0.5, 0.6) is 0 Å². The van der Waals surface area contributed by atoms with Gasteiger partial charge < -0.3 is 19.8 Å². The number of fused-ring (bicyclic) bond motifs is 6. The van der Waals surface area contributed by atoms with E-state index in [1.807, 2.05) is 4.90 Å². The molecule has 1 aromatic rings. The third kappa shape index (κ3) is 3.24. The third-order valence-electron chi connectivity index (χ3n) is 6.06. The van der Waals surface area contributed by atoms with Gasteiger partial charge in [0.2, 0.25) is 0 Å². The van der Waals surface area contributed by atoms with Crippen LogP contribution in [-0.4, -0.2) is 57.5 Å². The molecule has 0 radical (unpaired) electrons. The quantitative estimate of drug-likeness (QED) is 0.704. The minimum absolute atomic E-state index is 0.0980. The molecule has 3 N–H and O–H groups in total. The summed E-state index contributed by atoms with van der Waals surface area (Å²) in [6.45, 7) is 6.02. The lowest BCUT2D eigenvalue weighted by Crippen LogP contribution is -2.58. The van der Waals surface area contributed by atoms with Gasteiger partial charge in [-0.1, -0.05) is 0 Å². The normalized spacial score (nSPS) is 34.3. The molecule has 4 rings (SSSR count). The fraction of sp³-hybridized carbons (Fsp3) is 0.650. The zero-order chi connectivity index (χ0) is 20.2. The molecule has 4 bridgehead atoms. The minimum Gasteiger partial charge on any atom is -0.444 e. The first-order valence-corrected chi connectivity index (χ1v) is 9.78. The maximum Gasteiger partial charge on any atom is 0.412 e. The number of pyridine rings is 1. The van der Waals surface area contributed by atoms with Crippen LogP contribution in [0.3, 0.4) is 0 Å². The fourth-order valence-electron chi connectivity index (χ4n) is 4.93. The molecule has 8 heteroatoms. The van der Waals surface area contributed by atoms with Crippen LogP contribution >= 0.6 is 0 Å². The average Bonchev–Trinajstić information content (AvgIpc) is 2.86. The number of rotatable bonds is 2. The van der Waals surface area contributed by atoms with Gasteiger partial charge in [0.25, 0.3) is 0 Å². The van der Waals surface area contributed by atoms with Crippen LogP contribution in [0.1, 0.15) is 33.6 Å². The van der Waals surface area contributed by atoms with Crippen molar-refractivity contribution in [3.05, 3.63) is 18.3 Å². The number of hydrogen-bond acceptors (Lipinski definition) is 7. The number of piperidine rings is 1. The van der Waals surface area contributed by atoms with Gasteiger partial charge in [0.15, 0.2) is 5.78 Å². The van der Waals surface area contributed by atoms with E-state index in [2.05, 4.69) is 10.3 Å². The molecule has 1 aromatic heterocycles. The van der Waals surface area contributed by atoms with Crippen LogP contribution in [-0.2, 0) is 9.53 Å². The van der Waals surface area contributed by atoms with Gasteiger partial charge >= 0.3 is 6.09 Å². The van der Waals surface area contributed by atoms with Gasteiger partial charge in [-0.3, -0.25) is 10.1 Å². The molecule has 2 aliphatic carbocycles. The van der Waals surface area contributed by atoms with Crippen molar-refractivity contribution < 1.29 is 24.5 Å². The van der Waals surface area contributed by atoms with Crippen molar-refractivity contribution in [2.24, 2.45) is 17.8 Å². The van der Waals surface area contributed by atoms with Gasteiger partial charge in [0.05, 0.1) is 30.1 Å². The van der Waals surface area contributed by atoms with Gasteiger partial charge in [0, 0.05) is 18.4 Å². The summed E-state index contributed by atoms with van der Waals surface area (Å²) in [4.78, 5) is 31.2. The van der Waals surface area contributed by atoms with Crippen LogP contribution in [0, 0.1) is 17.8 Å². The number of ether oxygens (including phenoxy) is 1. The van der Waals surface area contributed by atoms with Crippen LogP contribution in [0.4, 0.5) is 16.3 Å². The smallest absolute Gasteiger partial charge is 0.412 e. The van der Waals surface area contributed by atoms with Crippen molar-refractivity contribution in [2.45, 2.75) is 57.5 Å². The molecule has 3 aliphatic rings. The molecule has 0 aromatic carbocycles. The standard InChI is InChI=1S/C20H27N3O5/c1-20(2,3)28-19(27)22-10-4-5-14(21-9-10)23-7-6-11-12-8-13(15(23)16(11)24)18(26)17(12)25/h4-5,9,11-13,15,17-18,25-26H,6-8H2,1-3H3,(H,22,27)/t11-,12+,13-,15+,17+,18?/m1/s1. The summed E-state index contributed by atoms with van der Waals surface area (Å²) in [5.74, 6) is 0.141. The Bertz CT molecular complexity index is 775. The first kappa shape index (κ1) is 19.1. The molecule has 2 saturated carbocycles. The summed E-state index contributed by atoms with van der Waals surface area (Å²) in [7, 11) is 0. The van der Waals surface area contributed by atoms with Crippen molar-refractivity contribution in [1.29, 1.82) is 0 Å². The topological polar surface area (TPSA) is 112 Å². The second-order valence-corrected chi connectivity index (χ2v) is 9.01. The Morgan fingerprint density at radius 2 is 1.96 bits per heavy atom. The van der Waals surface area contributed by atoms with E-state index in [9.17, 15) is 19.8 Å². The highest BCUT2D eigenvalue weighted by Crippen LogP contribution is 2.49. The number of anilines is 2. The van der Waals surface area contributed by atoms with Crippen molar-refractivity contribution in [1.82, 2.24) is 4.98 Å². The molecule has 8 nitrogen and oxygen atoms in total. The summed E-state index contributed by atoms with van der Waals surface area (Å²) in [6.07, 6.45) is 0.588. The summed E-state index contributed by atoms with van der Waals surface area (Å²) >= 11 is 0. The predicted octanol–water partition coefficient (Wildman–Crippen LogP) is 1.56. The number of aromatic nitrogens is 1. The van der Waals surface area contributed by atoms with E-state index in [0.29, 0.717) is 30.9 Å². The second kappa shape index (κ2) is 6.70. The van der Waals surface area contributed by atoms with Gasteiger partial charge in [-0.25, -0.2) is 9.78 Å².